The van der Waals surface area contributed by atoms with Gasteiger partial charge in [0, 0.05) is 12.0 Å². The lowest BCUT2D eigenvalue weighted by Crippen LogP contribution is -2.39. The Bertz CT molecular complexity index is 466. The zero-order chi connectivity index (χ0) is 12.6. The molecule has 0 saturated carbocycles. The topological polar surface area (TPSA) is 40.0 Å². The van der Waals surface area contributed by atoms with Gasteiger partial charge in [-0.3, -0.25) is 0 Å². The van der Waals surface area contributed by atoms with Crippen LogP contribution in [0.4, 0.5) is 0 Å². The number of ether oxygens (including phenoxy) is 2. The molecular weight excluding hydrogens is 298 g/mol. The van der Waals surface area contributed by atoms with Gasteiger partial charge < -0.3 is 14.3 Å². The molecule has 0 bridgehead atoms. The maximum atomic E-state index is 5.70. The average molecular weight is 312 g/mol. The number of hydrogen-bond acceptors (Lipinski definition) is 4. The highest BCUT2D eigenvalue weighted by atomic mass is 79.9. The summed E-state index contributed by atoms with van der Waals surface area (Å²) in [5.41, 5.74) is 1.89. The van der Waals surface area contributed by atoms with Gasteiger partial charge in [0.1, 0.15) is 16.3 Å². The van der Waals surface area contributed by atoms with Gasteiger partial charge in [0.2, 0.25) is 0 Å². The van der Waals surface area contributed by atoms with E-state index in [1.54, 1.807) is 7.11 Å². The highest BCUT2D eigenvalue weighted by molar-refractivity contribution is 9.10. The van der Waals surface area contributed by atoms with Crippen LogP contribution in [0, 0.1) is 0 Å². The second-order valence-electron chi connectivity index (χ2n) is 4.42. The standard InChI is InChI=1S/C13H14BrNO3/c1-16-10-5-3-9(4-6-10)11-12(14)13(18-15-11)7-2-8-17-13/h3-6,12H,2,7-8H2,1H3/t12-,13-/m0/s1. The Morgan fingerprint density at radius 3 is 2.78 bits per heavy atom. The number of oxime groups is 1. The summed E-state index contributed by atoms with van der Waals surface area (Å²) in [5.74, 6) is 0.228. The minimum Gasteiger partial charge on any atom is -0.497 e. The average Bonchev–Trinajstić information content (AvgIpc) is 3.01. The Morgan fingerprint density at radius 2 is 2.17 bits per heavy atom. The summed E-state index contributed by atoms with van der Waals surface area (Å²) >= 11 is 3.65. The number of hydrogen-bond donors (Lipinski definition) is 0. The molecule has 2 aliphatic rings. The van der Waals surface area contributed by atoms with E-state index in [-0.39, 0.29) is 4.83 Å². The van der Waals surface area contributed by atoms with E-state index in [0.29, 0.717) is 0 Å². The van der Waals surface area contributed by atoms with E-state index in [1.165, 1.54) is 0 Å². The molecule has 0 radical (unpaired) electrons. The van der Waals surface area contributed by atoms with Gasteiger partial charge in [-0.2, -0.15) is 0 Å². The van der Waals surface area contributed by atoms with Gasteiger partial charge in [-0.05, 0) is 30.7 Å². The second-order valence-corrected chi connectivity index (χ2v) is 5.34. The molecule has 3 rings (SSSR count). The third kappa shape index (κ3) is 1.82. The van der Waals surface area contributed by atoms with Crippen molar-refractivity contribution in [1.82, 2.24) is 0 Å². The number of halogens is 1. The van der Waals surface area contributed by atoms with Crippen LogP contribution in [0.3, 0.4) is 0 Å². The molecule has 0 aromatic heterocycles. The predicted octanol–water partition coefficient (Wildman–Crippen LogP) is 2.70. The van der Waals surface area contributed by atoms with Crippen LogP contribution in [0.15, 0.2) is 29.4 Å². The van der Waals surface area contributed by atoms with E-state index in [4.69, 9.17) is 14.3 Å². The Hall–Kier alpha value is -1.07. The molecule has 1 spiro atoms. The lowest BCUT2D eigenvalue weighted by Gasteiger charge is -2.23. The van der Waals surface area contributed by atoms with E-state index in [0.717, 1.165) is 36.5 Å². The predicted molar refractivity (Wildman–Crippen MR) is 71.2 cm³/mol. The first-order chi connectivity index (χ1) is 8.75. The van der Waals surface area contributed by atoms with Crippen molar-refractivity contribution < 1.29 is 14.3 Å². The smallest absolute Gasteiger partial charge is 0.255 e. The molecule has 1 aromatic carbocycles. The first-order valence-corrected chi connectivity index (χ1v) is 6.85. The maximum Gasteiger partial charge on any atom is 0.255 e. The van der Waals surface area contributed by atoms with Crippen molar-refractivity contribution in [3.05, 3.63) is 29.8 Å². The van der Waals surface area contributed by atoms with E-state index >= 15 is 0 Å². The molecule has 1 aromatic rings. The molecule has 96 valence electrons. The quantitative estimate of drug-likeness (QED) is 0.788. The summed E-state index contributed by atoms with van der Waals surface area (Å²) in [7, 11) is 1.65. The van der Waals surface area contributed by atoms with Crippen LogP contribution in [0.1, 0.15) is 18.4 Å². The molecule has 18 heavy (non-hydrogen) atoms. The van der Waals surface area contributed by atoms with Gasteiger partial charge in [-0.1, -0.05) is 21.1 Å². The third-order valence-corrected chi connectivity index (χ3v) is 4.46. The van der Waals surface area contributed by atoms with E-state index < -0.39 is 5.79 Å². The first kappa shape index (κ1) is 12.0. The fourth-order valence-electron chi connectivity index (χ4n) is 2.30. The normalized spacial score (nSPS) is 30.3. The fourth-order valence-corrected chi connectivity index (χ4v) is 3.09. The Morgan fingerprint density at radius 1 is 1.39 bits per heavy atom. The van der Waals surface area contributed by atoms with Gasteiger partial charge in [-0.15, -0.1) is 0 Å². The molecular formula is C13H14BrNO3. The zero-order valence-corrected chi connectivity index (χ0v) is 11.6. The van der Waals surface area contributed by atoms with Gasteiger partial charge >= 0.3 is 0 Å². The summed E-state index contributed by atoms with van der Waals surface area (Å²) in [5, 5.41) is 4.18. The maximum absolute atomic E-state index is 5.70. The van der Waals surface area contributed by atoms with Gasteiger partial charge in [0.15, 0.2) is 0 Å². The van der Waals surface area contributed by atoms with Crippen molar-refractivity contribution in [2.24, 2.45) is 5.16 Å². The Balaban J connectivity index is 1.84. The molecule has 4 nitrogen and oxygen atoms in total. The minimum absolute atomic E-state index is 0.0269. The molecule has 0 N–H and O–H groups in total. The molecule has 0 amide bonds. The van der Waals surface area contributed by atoms with Crippen LogP contribution in [0.2, 0.25) is 0 Å². The fraction of sp³-hybridized carbons (Fsp3) is 0.462. The minimum atomic E-state index is -0.602. The van der Waals surface area contributed by atoms with Crippen LogP contribution >= 0.6 is 15.9 Å². The summed E-state index contributed by atoms with van der Waals surface area (Å²) in [4.78, 5) is 5.50. The number of alkyl halides is 1. The summed E-state index contributed by atoms with van der Waals surface area (Å²) in [6.07, 6.45) is 1.87. The van der Waals surface area contributed by atoms with E-state index in [1.807, 2.05) is 24.3 Å². The van der Waals surface area contributed by atoms with Gasteiger partial charge in [-0.25, -0.2) is 0 Å². The summed E-state index contributed by atoms with van der Waals surface area (Å²) in [6.45, 7) is 0.730. The van der Waals surface area contributed by atoms with Gasteiger partial charge in [0.05, 0.1) is 13.7 Å². The largest absolute Gasteiger partial charge is 0.497 e. The summed E-state index contributed by atoms with van der Waals surface area (Å²) < 4.78 is 10.8. The molecule has 2 atom stereocenters. The monoisotopic (exact) mass is 311 g/mol. The van der Waals surface area contributed by atoms with Crippen molar-refractivity contribution in [3.8, 4) is 5.75 Å². The van der Waals surface area contributed by atoms with Crippen LogP contribution in [-0.2, 0) is 9.57 Å². The van der Waals surface area contributed by atoms with Crippen LogP contribution in [0.25, 0.3) is 0 Å². The van der Waals surface area contributed by atoms with Crippen LogP contribution in [0.5, 0.6) is 5.75 Å². The third-order valence-electron chi connectivity index (χ3n) is 3.33. The number of methoxy groups -OCH3 is 1. The molecule has 5 heteroatoms. The van der Waals surface area contributed by atoms with Crippen LogP contribution < -0.4 is 4.74 Å². The van der Waals surface area contributed by atoms with E-state index in [9.17, 15) is 0 Å². The second kappa shape index (κ2) is 4.55. The van der Waals surface area contributed by atoms with Crippen LogP contribution in [-0.4, -0.2) is 30.0 Å². The zero-order valence-electron chi connectivity index (χ0n) is 10.1. The molecule has 2 heterocycles. The Labute approximate surface area is 114 Å². The van der Waals surface area contributed by atoms with Crippen molar-refractivity contribution in [1.29, 1.82) is 0 Å². The molecule has 1 fully saturated rings. The SMILES string of the molecule is COc1ccc(C2=NO[C@@]3(CCCO3)[C@H]2Br)cc1. The highest BCUT2D eigenvalue weighted by Gasteiger charge is 2.51. The first-order valence-electron chi connectivity index (χ1n) is 5.94. The Kier molecular flexibility index (Phi) is 3.03. The number of benzene rings is 1. The molecule has 2 aliphatic heterocycles. The number of rotatable bonds is 2. The van der Waals surface area contributed by atoms with Crippen molar-refractivity contribution >= 4 is 21.6 Å². The lowest BCUT2D eigenvalue weighted by molar-refractivity contribution is -0.188. The highest BCUT2D eigenvalue weighted by Crippen LogP contribution is 2.40. The summed E-state index contributed by atoms with van der Waals surface area (Å²) in [6, 6.07) is 7.78. The molecule has 0 unspecified atom stereocenters. The van der Waals surface area contributed by atoms with Crippen molar-refractivity contribution in [3.63, 3.8) is 0 Å². The van der Waals surface area contributed by atoms with Gasteiger partial charge in [0.25, 0.3) is 5.79 Å². The molecule has 1 saturated heterocycles. The lowest BCUT2D eigenvalue weighted by atomic mass is 10.0. The van der Waals surface area contributed by atoms with E-state index in [2.05, 4.69) is 21.1 Å². The van der Waals surface area contributed by atoms with Crippen molar-refractivity contribution in [2.75, 3.05) is 13.7 Å². The van der Waals surface area contributed by atoms with Crippen molar-refractivity contribution in [2.45, 2.75) is 23.5 Å². The molecule has 0 aliphatic carbocycles. The number of nitrogens with zero attached hydrogens (tertiary/aromatic N) is 1.